The Kier molecular flexibility index (Phi) is 5.93. The SMILES string of the molecule is CC(CC1COCCN1)N[C@@H](C)C1CCCCC1. The van der Waals surface area contributed by atoms with E-state index in [0.717, 1.165) is 25.7 Å². The molecule has 106 valence electrons. The van der Waals surface area contributed by atoms with Crippen LogP contribution in [0.3, 0.4) is 0 Å². The maximum atomic E-state index is 5.51. The lowest BCUT2D eigenvalue weighted by Crippen LogP contribution is -2.47. The zero-order valence-corrected chi connectivity index (χ0v) is 12.1. The first-order chi connectivity index (χ1) is 8.75. The normalized spacial score (nSPS) is 30.0. The molecule has 18 heavy (non-hydrogen) atoms. The Morgan fingerprint density at radius 3 is 2.67 bits per heavy atom. The van der Waals surface area contributed by atoms with Crippen molar-refractivity contribution in [1.29, 1.82) is 0 Å². The van der Waals surface area contributed by atoms with E-state index < -0.39 is 0 Å². The zero-order chi connectivity index (χ0) is 12.8. The number of morpholine rings is 1. The molecule has 2 N–H and O–H groups in total. The summed E-state index contributed by atoms with van der Waals surface area (Å²) in [4.78, 5) is 0. The highest BCUT2D eigenvalue weighted by Crippen LogP contribution is 2.26. The predicted molar refractivity (Wildman–Crippen MR) is 75.9 cm³/mol. The highest BCUT2D eigenvalue weighted by molar-refractivity contribution is 4.81. The first-order valence-electron chi connectivity index (χ1n) is 7.83. The average Bonchev–Trinajstić information content (AvgIpc) is 2.40. The van der Waals surface area contributed by atoms with Crippen molar-refractivity contribution >= 4 is 0 Å². The van der Waals surface area contributed by atoms with Crippen molar-refractivity contribution in [1.82, 2.24) is 10.6 Å². The van der Waals surface area contributed by atoms with Gasteiger partial charge in [-0.3, -0.25) is 0 Å². The molecule has 0 radical (unpaired) electrons. The Bertz CT molecular complexity index is 223. The summed E-state index contributed by atoms with van der Waals surface area (Å²) in [6.45, 7) is 7.45. The van der Waals surface area contributed by atoms with Crippen LogP contribution in [0.15, 0.2) is 0 Å². The number of hydrogen-bond acceptors (Lipinski definition) is 3. The van der Waals surface area contributed by atoms with E-state index in [9.17, 15) is 0 Å². The molecule has 1 aliphatic carbocycles. The fourth-order valence-corrected chi connectivity index (χ4v) is 3.48. The van der Waals surface area contributed by atoms with Gasteiger partial charge < -0.3 is 15.4 Å². The van der Waals surface area contributed by atoms with Crippen LogP contribution >= 0.6 is 0 Å². The van der Waals surface area contributed by atoms with Gasteiger partial charge >= 0.3 is 0 Å². The minimum absolute atomic E-state index is 0.541. The monoisotopic (exact) mass is 254 g/mol. The number of rotatable bonds is 5. The van der Waals surface area contributed by atoms with E-state index in [1.54, 1.807) is 0 Å². The van der Waals surface area contributed by atoms with Gasteiger partial charge in [-0.1, -0.05) is 19.3 Å². The third kappa shape index (κ3) is 4.52. The first-order valence-corrected chi connectivity index (χ1v) is 7.83. The second kappa shape index (κ2) is 7.46. The molecule has 3 atom stereocenters. The molecule has 1 saturated heterocycles. The van der Waals surface area contributed by atoms with Crippen LogP contribution in [0, 0.1) is 5.92 Å². The Morgan fingerprint density at radius 1 is 1.22 bits per heavy atom. The van der Waals surface area contributed by atoms with Crippen molar-refractivity contribution in [3.63, 3.8) is 0 Å². The lowest BCUT2D eigenvalue weighted by molar-refractivity contribution is 0.0702. The Labute approximate surface area is 112 Å². The molecule has 2 rings (SSSR count). The summed E-state index contributed by atoms with van der Waals surface area (Å²) in [5, 5.41) is 7.34. The summed E-state index contributed by atoms with van der Waals surface area (Å²) in [5.41, 5.74) is 0. The molecule has 1 aliphatic heterocycles. The summed E-state index contributed by atoms with van der Waals surface area (Å²) in [6.07, 6.45) is 8.34. The smallest absolute Gasteiger partial charge is 0.0620 e. The van der Waals surface area contributed by atoms with E-state index in [4.69, 9.17) is 4.74 Å². The van der Waals surface area contributed by atoms with E-state index in [0.29, 0.717) is 18.1 Å². The third-order valence-corrected chi connectivity index (χ3v) is 4.54. The standard InChI is InChI=1S/C15H30N2O/c1-12(10-15-11-18-9-8-16-15)17-13(2)14-6-4-3-5-7-14/h12-17H,3-11H2,1-2H3/t12?,13-,15?/m0/s1. The Hall–Kier alpha value is -0.120. The highest BCUT2D eigenvalue weighted by Gasteiger charge is 2.22. The van der Waals surface area contributed by atoms with Crippen molar-refractivity contribution in [2.24, 2.45) is 5.92 Å². The van der Waals surface area contributed by atoms with Gasteiger partial charge in [0.05, 0.1) is 13.2 Å². The molecule has 0 aromatic carbocycles. The molecule has 2 aliphatic rings. The lowest BCUT2D eigenvalue weighted by Gasteiger charge is -2.32. The van der Waals surface area contributed by atoms with E-state index in [-0.39, 0.29) is 0 Å². The summed E-state index contributed by atoms with van der Waals surface area (Å²) in [6, 6.07) is 1.80. The third-order valence-electron chi connectivity index (χ3n) is 4.54. The van der Waals surface area contributed by atoms with Gasteiger partial charge in [-0.15, -0.1) is 0 Å². The van der Waals surface area contributed by atoms with Gasteiger partial charge in [0.1, 0.15) is 0 Å². The van der Waals surface area contributed by atoms with Gasteiger partial charge in [-0.05, 0) is 39.0 Å². The van der Waals surface area contributed by atoms with E-state index in [2.05, 4.69) is 24.5 Å². The summed E-state index contributed by atoms with van der Waals surface area (Å²) in [5.74, 6) is 0.900. The van der Waals surface area contributed by atoms with Crippen LogP contribution in [0.4, 0.5) is 0 Å². The highest BCUT2D eigenvalue weighted by atomic mass is 16.5. The van der Waals surface area contributed by atoms with Crippen molar-refractivity contribution in [3.8, 4) is 0 Å². The summed E-state index contributed by atoms with van der Waals surface area (Å²) >= 11 is 0. The molecule has 0 aromatic rings. The molecule has 1 heterocycles. The second-order valence-electron chi connectivity index (χ2n) is 6.22. The maximum Gasteiger partial charge on any atom is 0.0620 e. The van der Waals surface area contributed by atoms with Crippen molar-refractivity contribution in [2.45, 2.75) is 70.5 Å². The predicted octanol–water partition coefficient (Wildman–Crippen LogP) is 2.31. The van der Waals surface area contributed by atoms with Gasteiger partial charge in [-0.25, -0.2) is 0 Å². The number of hydrogen-bond donors (Lipinski definition) is 2. The molecule has 2 unspecified atom stereocenters. The fourth-order valence-electron chi connectivity index (χ4n) is 3.48. The number of nitrogens with one attached hydrogen (secondary N) is 2. The molecule has 0 bridgehead atoms. The van der Waals surface area contributed by atoms with Crippen LogP contribution in [0.25, 0.3) is 0 Å². The van der Waals surface area contributed by atoms with Crippen LogP contribution in [-0.2, 0) is 4.74 Å². The van der Waals surface area contributed by atoms with Gasteiger partial charge in [-0.2, -0.15) is 0 Å². The molecule has 2 fully saturated rings. The molecular formula is C15H30N2O. The van der Waals surface area contributed by atoms with Crippen LogP contribution in [0.5, 0.6) is 0 Å². The van der Waals surface area contributed by atoms with E-state index >= 15 is 0 Å². The van der Waals surface area contributed by atoms with Crippen LogP contribution in [0.2, 0.25) is 0 Å². The van der Waals surface area contributed by atoms with Gasteiger partial charge in [0.2, 0.25) is 0 Å². The Balaban J connectivity index is 1.67. The molecule has 0 aromatic heterocycles. The molecule has 0 spiro atoms. The van der Waals surface area contributed by atoms with Gasteiger partial charge in [0.15, 0.2) is 0 Å². The minimum atomic E-state index is 0.541. The summed E-state index contributed by atoms with van der Waals surface area (Å²) < 4.78 is 5.51. The number of ether oxygens (including phenoxy) is 1. The molecule has 0 amide bonds. The molecule has 3 heteroatoms. The topological polar surface area (TPSA) is 33.3 Å². The minimum Gasteiger partial charge on any atom is -0.379 e. The lowest BCUT2D eigenvalue weighted by atomic mass is 9.84. The van der Waals surface area contributed by atoms with E-state index in [1.807, 2.05) is 0 Å². The van der Waals surface area contributed by atoms with E-state index in [1.165, 1.54) is 38.5 Å². The van der Waals surface area contributed by atoms with Crippen molar-refractivity contribution in [3.05, 3.63) is 0 Å². The molecular weight excluding hydrogens is 224 g/mol. The Morgan fingerprint density at radius 2 is 2.00 bits per heavy atom. The van der Waals surface area contributed by atoms with Crippen molar-refractivity contribution in [2.75, 3.05) is 19.8 Å². The van der Waals surface area contributed by atoms with Crippen LogP contribution < -0.4 is 10.6 Å². The average molecular weight is 254 g/mol. The second-order valence-corrected chi connectivity index (χ2v) is 6.22. The van der Waals surface area contributed by atoms with Crippen LogP contribution in [0.1, 0.15) is 52.4 Å². The van der Waals surface area contributed by atoms with Gasteiger partial charge in [0, 0.05) is 24.7 Å². The largest absolute Gasteiger partial charge is 0.379 e. The van der Waals surface area contributed by atoms with Crippen LogP contribution in [-0.4, -0.2) is 37.9 Å². The quantitative estimate of drug-likeness (QED) is 0.790. The zero-order valence-electron chi connectivity index (χ0n) is 12.1. The van der Waals surface area contributed by atoms with Crippen molar-refractivity contribution < 1.29 is 4.74 Å². The summed E-state index contributed by atoms with van der Waals surface area (Å²) in [7, 11) is 0. The van der Waals surface area contributed by atoms with Gasteiger partial charge in [0.25, 0.3) is 0 Å². The molecule has 3 nitrogen and oxygen atoms in total. The fraction of sp³-hybridized carbons (Fsp3) is 1.00. The molecule has 1 saturated carbocycles. The maximum absolute atomic E-state index is 5.51. The first kappa shape index (κ1) is 14.3.